The molecule has 1 N–H and O–H groups in total. The molecule has 1 aliphatic rings. The summed E-state index contributed by atoms with van der Waals surface area (Å²) in [6.45, 7) is 6.77. The zero-order chi connectivity index (χ0) is 13.2. The largest absolute Gasteiger partial charge is 0.480 e. The van der Waals surface area contributed by atoms with Gasteiger partial charge in [-0.15, -0.1) is 0 Å². The fourth-order valence-electron chi connectivity index (χ4n) is 1.81. The van der Waals surface area contributed by atoms with E-state index in [4.69, 9.17) is 5.11 Å². The number of carboxylic acids is 1. The average molecular weight is 264 g/mol. The van der Waals surface area contributed by atoms with E-state index in [-0.39, 0.29) is 11.8 Å². The quantitative estimate of drug-likeness (QED) is 0.774. The fourth-order valence-corrected chi connectivity index (χ4v) is 3.63. The van der Waals surface area contributed by atoms with Crippen molar-refractivity contribution in [1.82, 2.24) is 9.21 Å². The van der Waals surface area contributed by atoms with E-state index in [0.29, 0.717) is 19.6 Å². The molecule has 0 aromatic heterocycles. The molecular weight excluding hydrogens is 244 g/mol. The predicted octanol–water partition coefficient (Wildman–Crippen LogP) is 0.0204. The molecule has 6 nitrogen and oxygen atoms in total. The van der Waals surface area contributed by atoms with Crippen molar-refractivity contribution in [2.45, 2.75) is 26.8 Å². The van der Waals surface area contributed by atoms with E-state index in [1.165, 1.54) is 16.1 Å². The molecule has 1 fully saturated rings. The van der Waals surface area contributed by atoms with Crippen LogP contribution in [-0.2, 0) is 14.8 Å². The summed E-state index contributed by atoms with van der Waals surface area (Å²) in [7, 11) is -3.35. The Hall–Kier alpha value is -0.660. The molecule has 0 spiro atoms. The van der Waals surface area contributed by atoms with Crippen molar-refractivity contribution in [2.24, 2.45) is 5.92 Å². The van der Waals surface area contributed by atoms with Gasteiger partial charge in [-0.25, -0.2) is 8.42 Å². The van der Waals surface area contributed by atoms with Gasteiger partial charge >= 0.3 is 5.97 Å². The van der Waals surface area contributed by atoms with Gasteiger partial charge in [0.2, 0.25) is 10.0 Å². The molecule has 100 valence electrons. The number of sulfonamides is 1. The van der Waals surface area contributed by atoms with E-state index in [0.717, 1.165) is 0 Å². The predicted molar refractivity (Wildman–Crippen MR) is 64.0 cm³/mol. The second-order valence-corrected chi connectivity index (χ2v) is 6.76. The second kappa shape index (κ2) is 5.32. The number of hydrogen-bond acceptors (Lipinski definition) is 4. The third-order valence-electron chi connectivity index (χ3n) is 2.83. The first-order valence-corrected chi connectivity index (χ1v) is 7.29. The van der Waals surface area contributed by atoms with E-state index < -0.39 is 22.0 Å². The molecule has 0 bridgehead atoms. The first-order valence-electron chi connectivity index (χ1n) is 5.68. The van der Waals surface area contributed by atoms with Crippen LogP contribution in [0.1, 0.15) is 20.8 Å². The third kappa shape index (κ3) is 3.65. The van der Waals surface area contributed by atoms with Crippen LogP contribution in [0.15, 0.2) is 0 Å². The van der Waals surface area contributed by atoms with Gasteiger partial charge in [0.25, 0.3) is 0 Å². The molecular formula is C10H20N2O4S. The summed E-state index contributed by atoms with van der Waals surface area (Å²) in [4.78, 5) is 12.3. The summed E-state index contributed by atoms with van der Waals surface area (Å²) < 4.78 is 25.3. The highest BCUT2D eigenvalue weighted by Crippen LogP contribution is 2.15. The Bertz CT molecular complexity index is 380. The minimum atomic E-state index is -3.35. The number of rotatable bonds is 4. The molecule has 0 amide bonds. The van der Waals surface area contributed by atoms with Crippen LogP contribution >= 0.6 is 0 Å². The lowest BCUT2D eigenvalue weighted by molar-refractivity contribution is -0.142. The lowest BCUT2D eigenvalue weighted by Crippen LogP contribution is -2.54. The standard InChI is InChI=1S/C10H20N2O4S/c1-8(2)6-12-5-4-11(7-17(12,15)16)9(3)10(13)14/h8-9H,4-7H2,1-3H3,(H,13,14)/t9-/m0/s1. The smallest absolute Gasteiger partial charge is 0.320 e. The topological polar surface area (TPSA) is 77.9 Å². The Morgan fingerprint density at radius 2 is 1.88 bits per heavy atom. The molecule has 0 aliphatic carbocycles. The monoisotopic (exact) mass is 264 g/mol. The van der Waals surface area contributed by atoms with Crippen molar-refractivity contribution >= 4 is 16.0 Å². The van der Waals surface area contributed by atoms with Gasteiger partial charge in [0, 0.05) is 19.6 Å². The van der Waals surface area contributed by atoms with Gasteiger partial charge in [0.1, 0.15) is 11.9 Å². The zero-order valence-corrected chi connectivity index (χ0v) is 11.3. The maximum atomic E-state index is 11.9. The highest BCUT2D eigenvalue weighted by molar-refractivity contribution is 7.89. The Labute approximate surface area is 102 Å². The molecule has 0 unspecified atom stereocenters. The molecule has 7 heteroatoms. The van der Waals surface area contributed by atoms with Gasteiger partial charge in [-0.05, 0) is 12.8 Å². The molecule has 1 heterocycles. The highest BCUT2D eigenvalue weighted by Gasteiger charge is 2.34. The molecule has 0 aromatic rings. The molecule has 0 saturated carbocycles. The van der Waals surface area contributed by atoms with Gasteiger partial charge in [0.05, 0.1) is 0 Å². The van der Waals surface area contributed by atoms with Crippen molar-refractivity contribution < 1.29 is 18.3 Å². The van der Waals surface area contributed by atoms with Crippen LogP contribution in [0.25, 0.3) is 0 Å². The molecule has 0 radical (unpaired) electrons. The lowest BCUT2D eigenvalue weighted by Gasteiger charge is -2.36. The van der Waals surface area contributed by atoms with Gasteiger partial charge < -0.3 is 5.11 Å². The minimum Gasteiger partial charge on any atom is -0.480 e. The Morgan fingerprint density at radius 3 is 2.29 bits per heavy atom. The van der Waals surface area contributed by atoms with E-state index in [1.807, 2.05) is 13.8 Å². The third-order valence-corrected chi connectivity index (χ3v) is 4.61. The van der Waals surface area contributed by atoms with Crippen LogP contribution in [0.2, 0.25) is 0 Å². The van der Waals surface area contributed by atoms with Crippen LogP contribution in [0.3, 0.4) is 0 Å². The van der Waals surface area contributed by atoms with Crippen molar-refractivity contribution in [2.75, 3.05) is 25.5 Å². The van der Waals surface area contributed by atoms with Gasteiger partial charge in [-0.2, -0.15) is 4.31 Å². The maximum absolute atomic E-state index is 11.9. The maximum Gasteiger partial charge on any atom is 0.320 e. The second-order valence-electron chi connectivity index (χ2n) is 4.82. The Morgan fingerprint density at radius 1 is 1.29 bits per heavy atom. The number of nitrogens with zero attached hydrogens (tertiary/aromatic N) is 2. The van der Waals surface area contributed by atoms with Crippen molar-refractivity contribution in [3.63, 3.8) is 0 Å². The SMILES string of the molecule is CC(C)CN1CCN([C@@H](C)C(=O)O)CS1(=O)=O. The van der Waals surface area contributed by atoms with Crippen molar-refractivity contribution in [3.8, 4) is 0 Å². The van der Waals surface area contributed by atoms with E-state index in [2.05, 4.69) is 0 Å². The summed E-state index contributed by atoms with van der Waals surface area (Å²) >= 11 is 0. The summed E-state index contributed by atoms with van der Waals surface area (Å²) in [6.07, 6.45) is 0. The Balaban J connectivity index is 2.72. The Kier molecular flexibility index (Phi) is 4.51. The minimum absolute atomic E-state index is 0.201. The fraction of sp³-hybridized carbons (Fsp3) is 0.900. The molecule has 0 aromatic carbocycles. The summed E-state index contributed by atoms with van der Waals surface area (Å²) in [6, 6.07) is -0.758. The van der Waals surface area contributed by atoms with Crippen molar-refractivity contribution in [3.05, 3.63) is 0 Å². The molecule has 17 heavy (non-hydrogen) atoms. The van der Waals surface area contributed by atoms with E-state index in [1.54, 1.807) is 0 Å². The summed E-state index contributed by atoms with van der Waals surface area (Å²) in [5.41, 5.74) is 0. The summed E-state index contributed by atoms with van der Waals surface area (Å²) in [5.74, 6) is -0.918. The number of hydrogen-bond donors (Lipinski definition) is 1. The van der Waals surface area contributed by atoms with Crippen LogP contribution < -0.4 is 0 Å². The van der Waals surface area contributed by atoms with E-state index in [9.17, 15) is 13.2 Å². The van der Waals surface area contributed by atoms with Crippen LogP contribution in [0.4, 0.5) is 0 Å². The number of aliphatic carboxylic acids is 1. The van der Waals surface area contributed by atoms with Crippen molar-refractivity contribution in [1.29, 1.82) is 0 Å². The van der Waals surface area contributed by atoms with Crippen LogP contribution in [0, 0.1) is 5.92 Å². The van der Waals surface area contributed by atoms with Gasteiger partial charge in [0.15, 0.2) is 0 Å². The normalized spacial score (nSPS) is 23.8. The molecule has 1 rings (SSSR count). The summed E-state index contributed by atoms with van der Waals surface area (Å²) in [5, 5.41) is 8.87. The van der Waals surface area contributed by atoms with Gasteiger partial charge in [-0.1, -0.05) is 13.8 Å². The first-order chi connectivity index (χ1) is 7.74. The number of carbonyl (C=O) groups is 1. The van der Waals surface area contributed by atoms with Gasteiger partial charge in [-0.3, -0.25) is 9.69 Å². The van der Waals surface area contributed by atoms with E-state index >= 15 is 0 Å². The van der Waals surface area contributed by atoms with Crippen LogP contribution in [-0.4, -0.2) is 60.3 Å². The first kappa shape index (κ1) is 14.4. The van der Waals surface area contributed by atoms with Crippen LogP contribution in [0.5, 0.6) is 0 Å². The number of carboxylic acid groups (broad SMARTS) is 1. The molecule has 1 saturated heterocycles. The highest BCUT2D eigenvalue weighted by atomic mass is 32.2. The lowest BCUT2D eigenvalue weighted by atomic mass is 10.2. The molecule has 1 aliphatic heterocycles. The molecule has 1 atom stereocenters. The zero-order valence-electron chi connectivity index (χ0n) is 10.5. The average Bonchev–Trinajstić information content (AvgIpc) is 2.18.